The van der Waals surface area contributed by atoms with E-state index < -0.39 is 5.60 Å². The Bertz CT molecular complexity index is 462. The summed E-state index contributed by atoms with van der Waals surface area (Å²) in [4.78, 5) is 2.29. The van der Waals surface area contributed by atoms with Crippen molar-refractivity contribution < 1.29 is 5.11 Å². The average molecular weight is 280 g/mol. The van der Waals surface area contributed by atoms with Gasteiger partial charge in [-0.05, 0) is 55.8 Å². The Labute approximate surface area is 120 Å². The Morgan fingerprint density at radius 3 is 2.63 bits per heavy atom. The molecule has 0 bridgehead atoms. The molecule has 1 heterocycles. The first-order valence-electron chi connectivity index (χ1n) is 7.26. The second-order valence-corrected chi connectivity index (χ2v) is 6.70. The number of nitrogens with zero attached hydrogens (tertiary/aromatic N) is 1. The van der Waals surface area contributed by atoms with Crippen molar-refractivity contribution in [1.82, 2.24) is 4.90 Å². The summed E-state index contributed by atoms with van der Waals surface area (Å²) in [5.74, 6) is 0.638. The smallest absolute Gasteiger partial charge is 0.0712 e. The molecule has 0 spiro atoms. The lowest BCUT2D eigenvalue weighted by Crippen LogP contribution is -2.44. The fraction of sp³-hybridized carbons (Fsp3) is 0.625. The zero-order valence-electron chi connectivity index (χ0n) is 11.5. The molecule has 0 unspecified atom stereocenters. The van der Waals surface area contributed by atoms with Crippen molar-refractivity contribution in [1.29, 1.82) is 0 Å². The summed E-state index contributed by atoms with van der Waals surface area (Å²) in [5.41, 5.74) is 2.03. The fourth-order valence-corrected chi connectivity index (χ4v) is 3.48. The number of aliphatic hydroxyl groups is 1. The van der Waals surface area contributed by atoms with Crippen molar-refractivity contribution in [2.24, 2.45) is 0 Å². The van der Waals surface area contributed by atoms with Crippen molar-refractivity contribution in [3.63, 3.8) is 0 Å². The zero-order chi connectivity index (χ0) is 13.5. The van der Waals surface area contributed by atoms with Crippen LogP contribution in [0.15, 0.2) is 18.2 Å². The van der Waals surface area contributed by atoms with Crippen LogP contribution in [-0.2, 0) is 6.42 Å². The molecule has 1 saturated heterocycles. The van der Waals surface area contributed by atoms with Crippen molar-refractivity contribution in [2.45, 2.75) is 43.6 Å². The molecule has 0 radical (unpaired) electrons. The average Bonchev–Trinajstić information content (AvgIpc) is 3.18. The van der Waals surface area contributed by atoms with Gasteiger partial charge in [0.15, 0.2) is 0 Å². The minimum absolute atomic E-state index is 0.541. The molecule has 2 nitrogen and oxygen atoms in total. The van der Waals surface area contributed by atoms with Crippen LogP contribution in [0.1, 0.15) is 42.7 Å². The molecular formula is C16H22ClNO. The largest absolute Gasteiger partial charge is 0.389 e. The maximum absolute atomic E-state index is 10.8. The van der Waals surface area contributed by atoms with E-state index in [1.165, 1.54) is 24.0 Å². The molecule has 2 aliphatic rings. The quantitative estimate of drug-likeness (QED) is 0.918. The molecule has 1 aliphatic carbocycles. The van der Waals surface area contributed by atoms with Gasteiger partial charge in [-0.25, -0.2) is 0 Å². The number of halogens is 1. The third-order valence-corrected chi connectivity index (χ3v) is 4.90. The van der Waals surface area contributed by atoms with E-state index in [0.29, 0.717) is 5.92 Å². The van der Waals surface area contributed by atoms with Gasteiger partial charge in [-0.2, -0.15) is 0 Å². The highest BCUT2D eigenvalue weighted by Gasteiger charge is 2.34. The summed E-state index contributed by atoms with van der Waals surface area (Å²) in [6.07, 6.45) is 4.98. The van der Waals surface area contributed by atoms with Gasteiger partial charge in [-0.3, -0.25) is 0 Å². The van der Waals surface area contributed by atoms with Crippen LogP contribution in [0.4, 0.5) is 0 Å². The van der Waals surface area contributed by atoms with Gasteiger partial charge in [0.05, 0.1) is 5.60 Å². The second-order valence-electron chi connectivity index (χ2n) is 6.29. The van der Waals surface area contributed by atoms with E-state index in [1.807, 2.05) is 12.1 Å². The van der Waals surface area contributed by atoms with E-state index in [0.717, 1.165) is 37.4 Å². The number of hydrogen-bond acceptors (Lipinski definition) is 2. The molecule has 3 rings (SSSR count). The van der Waals surface area contributed by atoms with Gasteiger partial charge in [0.1, 0.15) is 0 Å². The highest BCUT2D eigenvalue weighted by atomic mass is 35.5. The molecule has 0 amide bonds. The molecular weight excluding hydrogens is 258 g/mol. The number of rotatable bonds is 3. The molecule has 1 N–H and O–H groups in total. The Hall–Kier alpha value is -0.570. The Morgan fingerprint density at radius 2 is 2.00 bits per heavy atom. The highest BCUT2D eigenvalue weighted by Crippen LogP contribution is 2.45. The highest BCUT2D eigenvalue weighted by molar-refractivity contribution is 6.31. The summed E-state index contributed by atoms with van der Waals surface area (Å²) in [6.45, 7) is 1.96. The topological polar surface area (TPSA) is 23.5 Å². The van der Waals surface area contributed by atoms with E-state index in [9.17, 15) is 5.11 Å². The van der Waals surface area contributed by atoms with Gasteiger partial charge in [0.25, 0.3) is 0 Å². The zero-order valence-corrected chi connectivity index (χ0v) is 12.3. The van der Waals surface area contributed by atoms with E-state index in [1.54, 1.807) is 0 Å². The maximum atomic E-state index is 10.8. The first kappa shape index (κ1) is 13.4. The minimum Gasteiger partial charge on any atom is -0.389 e. The first-order valence-corrected chi connectivity index (χ1v) is 7.63. The summed E-state index contributed by atoms with van der Waals surface area (Å²) in [6, 6.07) is 6.15. The summed E-state index contributed by atoms with van der Waals surface area (Å²) < 4.78 is 0. The lowest BCUT2D eigenvalue weighted by Gasteiger charge is -2.37. The van der Waals surface area contributed by atoms with E-state index >= 15 is 0 Å². The van der Waals surface area contributed by atoms with Crippen molar-refractivity contribution in [3.8, 4) is 0 Å². The van der Waals surface area contributed by atoms with Crippen LogP contribution in [-0.4, -0.2) is 35.7 Å². The number of likely N-dealkylation sites (tertiary alicyclic amines) is 1. The Morgan fingerprint density at radius 1 is 1.32 bits per heavy atom. The fourth-order valence-electron chi connectivity index (χ4n) is 3.13. The molecule has 0 aromatic heterocycles. The van der Waals surface area contributed by atoms with E-state index in [2.05, 4.69) is 18.0 Å². The predicted octanol–water partition coefficient (Wildman–Crippen LogP) is 3.22. The molecule has 1 saturated carbocycles. The third-order valence-electron chi connectivity index (χ3n) is 4.57. The number of piperidine rings is 1. The molecule has 1 aromatic carbocycles. The number of benzene rings is 1. The van der Waals surface area contributed by atoms with Gasteiger partial charge >= 0.3 is 0 Å². The minimum atomic E-state index is -0.541. The SMILES string of the molecule is CN1CCC(O)(Cc2cccc(Cl)c2C2CC2)CC1. The van der Waals surface area contributed by atoms with Crippen molar-refractivity contribution in [2.75, 3.05) is 20.1 Å². The molecule has 1 aliphatic heterocycles. The van der Waals surface area contributed by atoms with Crippen LogP contribution in [0.5, 0.6) is 0 Å². The molecule has 0 atom stereocenters. The van der Waals surface area contributed by atoms with Crippen molar-refractivity contribution in [3.05, 3.63) is 34.3 Å². The van der Waals surface area contributed by atoms with Crippen LogP contribution in [0.25, 0.3) is 0 Å². The first-order chi connectivity index (χ1) is 9.07. The Kier molecular flexibility index (Phi) is 3.59. The van der Waals surface area contributed by atoms with Crippen LogP contribution in [0.3, 0.4) is 0 Å². The summed E-state index contributed by atoms with van der Waals surface area (Å²) in [7, 11) is 2.12. The number of hydrogen-bond donors (Lipinski definition) is 1. The van der Waals surface area contributed by atoms with Crippen LogP contribution in [0, 0.1) is 0 Å². The lowest BCUT2D eigenvalue weighted by atomic mass is 9.83. The monoisotopic (exact) mass is 279 g/mol. The maximum Gasteiger partial charge on any atom is 0.0712 e. The summed E-state index contributed by atoms with van der Waals surface area (Å²) >= 11 is 6.36. The standard InChI is InChI=1S/C16H22ClNO/c1-18-9-7-16(19,8-10-18)11-13-3-2-4-14(17)15(13)12-5-6-12/h2-4,12,19H,5-11H2,1H3. The molecule has 104 valence electrons. The van der Waals surface area contributed by atoms with Crippen LogP contribution in [0.2, 0.25) is 5.02 Å². The molecule has 1 aromatic rings. The van der Waals surface area contributed by atoms with Crippen LogP contribution < -0.4 is 0 Å². The molecule has 2 fully saturated rings. The van der Waals surface area contributed by atoms with E-state index in [4.69, 9.17) is 11.6 Å². The van der Waals surface area contributed by atoms with Gasteiger partial charge in [0, 0.05) is 24.5 Å². The third kappa shape index (κ3) is 2.96. The Balaban J connectivity index is 1.81. The van der Waals surface area contributed by atoms with E-state index in [-0.39, 0.29) is 0 Å². The molecule has 3 heteroatoms. The molecule has 19 heavy (non-hydrogen) atoms. The second kappa shape index (κ2) is 5.08. The van der Waals surface area contributed by atoms with Crippen LogP contribution >= 0.6 is 11.6 Å². The summed E-state index contributed by atoms with van der Waals surface area (Å²) in [5, 5.41) is 11.7. The lowest BCUT2D eigenvalue weighted by molar-refractivity contribution is -0.0151. The normalized spacial score (nSPS) is 23.5. The van der Waals surface area contributed by atoms with Gasteiger partial charge in [-0.1, -0.05) is 23.7 Å². The van der Waals surface area contributed by atoms with Gasteiger partial charge in [0.2, 0.25) is 0 Å². The van der Waals surface area contributed by atoms with Gasteiger partial charge in [-0.15, -0.1) is 0 Å². The van der Waals surface area contributed by atoms with Gasteiger partial charge < -0.3 is 10.0 Å². The predicted molar refractivity (Wildman–Crippen MR) is 78.8 cm³/mol. The van der Waals surface area contributed by atoms with Crippen molar-refractivity contribution >= 4 is 11.6 Å².